The SMILES string of the molecule is CC1=NN(c2nc(-c3cccc([N+](=O)[O-])c3)cs2)C(=O)[C@H]1N=Nc1ccc(O)cc1. The lowest BCUT2D eigenvalue weighted by Crippen LogP contribution is -2.29. The number of thiazole rings is 1. The zero-order valence-electron chi connectivity index (χ0n) is 15.5. The molecular formula is C19H14N6O4S. The highest BCUT2D eigenvalue weighted by molar-refractivity contribution is 7.14. The highest BCUT2D eigenvalue weighted by Gasteiger charge is 2.36. The lowest BCUT2D eigenvalue weighted by Gasteiger charge is -2.08. The Labute approximate surface area is 174 Å². The molecule has 4 rings (SSSR count). The molecule has 10 nitrogen and oxygen atoms in total. The van der Waals surface area contributed by atoms with Crippen molar-refractivity contribution < 1.29 is 14.8 Å². The van der Waals surface area contributed by atoms with Crippen LogP contribution in [0.3, 0.4) is 0 Å². The predicted octanol–water partition coefficient (Wildman–Crippen LogP) is 4.30. The van der Waals surface area contributed by atoms with Crippen LogP contribution in [0.1, 0.15) is 6.92 Å². The van der Waals surface area contributed by atoms with Gasteiger partial charge in [0, 0.05) is 23.1 Å². The first-order valence-electron chi connectivity index (χ1n) is 8.71. The number of hydrazone groups is 1. The monoisotopic (exact) mass is 422 g/mol. The summed E-state index contributed by atoms with van der Waals surface area (Å²) in [7, 11) is 0. The fourth-order valence-electron chi connectivity index (χ4n) is 2.74. The van der Waals surface area contributed by atoms with Gasteiger partial charge in [0.25, 0.3) is 11.6 Å². The van der Waals surface area contributed by atoms with E-state index in [2.05, 4.69) is 20.3 Å². The maximum Gasteiger partial charge on any atom is 0.282 e. The van der Waals surface area contributed by atoms with E-state index in [1.54, 1.807) is 36.6 Å². The van der Waals surface area contributed by atoms with Gasteiger partial charge >= 0.3 is 0 Å². The van der Waals surface area contributed by atoms with Crippen LogP contribution in [0.4, 0.5) is 16.5 Å². The number of amides is 1. The van der Waals surface area contributed by atoms with Gasteiger partial charge in [0.2, 0.25) is 5.13 Å². The third kappa shape index (κ3) is 3.78. The van der Waals surface area contributed by atoms with Crippen LogP contribution in [0.2, 0.25) is 0 Å². The Bertz CT molecular complexity index is 1190. The second kappa shape index (κ2) is 7.79. The molecule has 0 radical (unpaired) electrons. The Morgan fingerprint density at radius 1 is 1.23 bits per heavy atom. The Kier molecular flexibility index (Phi) is 5.02. The minimum absolute atomic E-state index is 0.0390. The lowest BCUT2D eigenvalue weighted by atomic mass is 10.1. The van der Waals surface area contributed by atoms with Crippen molar-refractivity contribution in [2.24, 2.45) is 15.3 Å². The molecule has 1 aromatic heterocycles. The molecule has 0 aliphatic carbocycles. The summed E-state index contributed by atoms with van der Waals surface area (Å²) in [5, 5.41) is 35.9. The average Bonchev–Trinajstić information content (AvgIpc) is 3.33. The number of carbonyl (C=O) groups is 1. The summed E-state index contributed by atoms with van der Waals surface area (Å²) in [5.41, 5.74) is 2.00. The Morgan fingerprint density at radius 2 is 2.00 bits per heavy atom. The number of phenols is 1. The highest BCUT2D eigenvalue weighted by Crippen LogP contribution is 2.32. The molecule has 0 spiro atoms. The molecule has 0 saturated carbocycles. The van der Waals surface area contributed by atoms with Crippen molar-refractivity contribution in [3.8, 4) is 17.0 Å². The molecule has 0 unspecified atom stereocenters. The van der Waals surface area contributed by atoms with Crippen molar-refractivity contribution in [3.63, 3.8) is 0 Å². The number of non-ortho nitro benzene ring substituents is 1. The maximum atomic E-state index is 12.8. The molecule has 0 fully saturated rings. The quantitative estimate of drug-likeness (QED) is 0.372. The summed E-state index contributed by atoms with van der Waals surface area (Å²) in [6.45, 7) is 1.67. The molecule has 2 aromatic carbocycles. The van der Waals surface area contributed by atoms with Crippen LogP contribution in [0, 0.1) is 10.1 Å². The number of rotatable bonds is 5. The van der Waals surface area contributed by atoms with Gasteiger partial charge in [-0.2, -0.15) is 20.3 Å². The van der Waals surface area contributed by atoms with Gasteiger partial charge in [-0.15, -0.1) is 11.3 Å². The van der Waals surface area contributed by atoms with Crippen LogP contribution >= 0.6 is 11.3 Å². The zero-order chi connectivity index (χ0) is 21.3. The van der Waals surface area contributed by atoms with E-state index in [9.17, 15) is 20.0 Å². The molecule has 3 aromatic rings. The van der Waals surface area contributed by atoms with Crippen molar-refractivity contribution in [2.45, 2.75) is 13.0 Å². The normalized spacial score (nSPS) is 16.3. The summed E-state index contributed by atoms with van der Waals surface area (Å²) in [6, 6.07) is 11.3. The van der Waals surface area contributed by atoms with Crippen LogP contribution in [-0.4, -0.2) is 32.7 Å². The second-order valence-corrected chi connectivity index (χ2v) is 7.19. The molecule has 1 atom stereocenters. The van der Waals surface area contributed by atoms with Gasteiger partial charge in [-0.25, -0.2) is 4.98 Å². The van der Waals surface area contributed by atoms with E-state index in [1.807, 2.05) is 0 Å². The highest BCUT2D eigenvalue weighted by atomic mass is 32.1. The van der Waals surface area contributed by atoms with Gasteiger partial charge in [0.05, 0.1) is 22.0 Å². The van der Waals surface area contributed by atoms with Crippen LogP contribution in [0.25, 0.3) is 11.3 Å². The molecule has 30 heavy (non-hydrogen) atoms. The maximum absolute atomic E-state index is 12.8. The lowest BCUT2D eigenvalue weighted by molar-refractivity contribution is -0.384. The number of hydrogen-bond donors (Lipinski definition) is 1. The molecule has 150 valence electrons. The fraction of sp³-hybridized carbons (Fsp3) is 0.105. The molecule has 1 N–H and O–H groups in total. The number of nitro groups is 1. The average molecular weight is 422 g/mol. The molecule has 11 heteroatoms. The van der Waals surface area contributed by atoms with Crippen LogP contribution < -0.4 is 5.01 Å². The zero-order valence-corrected chi connectivity index (χ0v) is 16.4. The van der Waals surface area contributed by atoms with Gasteiger partial charge in [-0.1, -0.05) is 12.1 Å². The van der Waals surface area contributed by atoms with E-state index in [1.165, 1.54) is 40.6 Å². The van der Waals surface area contributed by atoms with Crippen molar-refractivity contribution in [1.82, 2.24) is 4.98 Å². The molecule has 1 amide bonds. The second-order valence-electron chi connectivity index (χ2n) is 6.35. The predicted molar refractivity (Wildman–Crippen MR) is 111 cm³/mol. The summed E-state index contributed by atoms with van der Waals surface area (Å²) < 4.78 is 0. The van der Waals surface area contributed by atoms with Crippen molar-refractivity contribution in [1.29, 1.82) is 0 Å². The third-order valence-electron chi connectivity index (χ3n) is 4.26. The number of benzene rings is 2. The molecule has 1 aliphatic heterocycles. The first kappa shape index (κ1) is 19.3. The van der Waals surface area contributed by atoms with Crippen LogP contribution in [0.15, 0.2) is 69.2 Å². The number of nitro benzene ring substituents is 1. The molecule has 0 saturated heterocycles. The largest absolute Gasteiger partial charge is 0.508 e. The minimum atomic E-state index is -0.871. The van der Waals surface area contributed by atoms with Crippen molar-refractivity contribution >= 4 is 39.5 Å². The first-order valence-corrected chi connectivity index (χ1v) is 9.59. The molecular weight excluding hydrogens is 408 g/mol. The molecule has 2 heterocycles. The standard InChI is InChI=1S/C19H14N6O4S/c1-11-17(22-21-13-5-7-15(26)8-6-13)18(27)24(23-11)19-20-16(10-30-19)12-3-2-4-14(9-12)25(28)29/h2-10,17,26H,1H3/t17-/m0/s1. The van der Waals surface area contributed by atoms with Gasteiger partial charge in [0.15, 0.2) is 6.04 Å². The number of phenolic OH excluding ortho intramolecular Hbond substituents is 1. The summed E-state index contributed by atoms with van der Waals surface area (Å²) >= 11 is 1.20. The van der Waals surface area contributed by atoms with E-state index < -0.39 is 16.9 Å². The smallest absolute Gasteiger partial charge is 0.282 e. The Hall–Kier alpha value is -3.99. The minimum Gasteiger partial charge on any atom is -0.508 e. The Balaban J connectivity index is 1.54. The molecule has 0 bridgehead atoms. The topological polar surface area (TPSA) is 134 Å². The summed E-state index contributed by atoms with van der Waals surface area (Å²) in [5.74, 6) is -0.284. The van der Waals surface area contributed by atoms with Gasteiger partial charge < -0.3 is 5.11 Å². The van der Waals surface area contributed by atoms with Crippen LogP contribution in [-0.2, 0) is 4.79 Å². The van der Waals surface area contributed by atoms with Gasteiger partial charge in [-0.3, -0.25) is 14.9 Å². The fourth-order valence-corrected chi connectivity index (χ4v) is 3.53. The summed E-state index contributed by atoms with van der Waals surface area (Å²) in [4.78, 5) is 27.7. The van der Waals surface area contributed by atoms with E-state index in [4.69, 9.17) is 0 Å². The van der Waals surface area contributed by atoms with Gasteiger partial charge in [0.1, 0.15) is 5.75 Å². The number of anilines is 1. The van der Waals surface area contributed by atoms with Crippen molar-refractivity contribution in [2.75, 3.05) is 5.01 Å². The number of nitrogens with zero attached hydrogens (tertiary/aromatic N) is 6. The number of hydrogen-bond acceptors (Lipinski definition) is 9. The first-order chi connectivity index (χ1) is 14.4. The van der Waals surface area contributed by atoms with E-state index in [-0.39, 0.29) is 11.4 Å². The van der Waals surface area contributed by atoms with Crippen LogP contribution in [0.5, 0.6) is 5.75 Å². The number of aromatic hydroxyl groups is 1. The molecule has 1 aliphatic rings. The van der Waals surface area contributed by atoms with E-state index >= 15 is 0 Å². The number of azo groups is 1. The summed E-state index contributed by atoms with van der Waals surface area (Å²) in [6.07, 6.45) is 0. The van der Waals surface area contributed by atoms with E-state index in [0.717, 1.165) is 0 Å². The van der Waals surface area contributed by atoms with Crippen molar-refractivity contribution in [3.05, 3.63) is 64.0 Å². The van der Waals surface area contributed by atoms with Gasteiger partial charge in [-0.05, 0) is 31.2 Å². The third-order valence-corrected chi connectivity index (χ3v) is 5.08. The Morgan fingerprint density at radius 3 is 2.73 bits per heavy atom. The van der Waals surface area contributed by atoms with E-state index in [0.29, 0.717) is 27.8 Å². The number of aromatic nitrogens is 1. The number of carbonyl (C=O) groups excluding carboxylic acids is 1.